The summed E-state index contributed by atoms with van der Waals surface area (Å²) in [7, 11) is 1.53. The number of benzene rings is 1. The van der Waals surface area contributed by atoms with Gasteiger partial charge in [-0.1, -0.05) is 11.6 Å². The molecule has 7 heteroatoms. The van der Waals surface area contributed by atoms with Crippen LogP contribution in [0.5, 0.6) is 5.75 Å². The molecule has 2 aromatic heterocycles. The van der Waals surface area contributed by atoms with Crippen molar-refractivity contribution in [3.8, 4) is 5.75 Å². The summed E-state index contributed by atoms with van der Waals surface area (Å²) in [6.45, 7) is 0. The van der Waals surface area contributed by atoms with E-state index in [-0.39, 0.29) is 16.4 Å². The Hall–Kier alpha value is -2.86. The Morgan fingerprint density at radius 1 is 1.30 bits per heavy atom. The van der Waals surface area contributed by atoms with Crippen molar-refractivity contribution in [1.29, 1.82) is 0 Å². The zero-order valence-electron chi connectivity index (χ0n) is 12.0. The molecule has 0 fully saturated rings. The number of fused-ring (bicyclic) bond motifs is 1. The monoisotopic (exact) mass is 330 g/mol. The first-order valence-corrected chi connectivity index (χ1v) is 7.00. The van der Waals surface area contributed by atoms with E-state index in [1.54, 1.807) is 24.3 Å². The van der Waals surface area contributed by atoms with Gasteiger partial charge in [0.2, 0.25) is 0 Å². The molecule has 3 aromatic rings. The van der Waals surface area contributed by atoms with Crippen molar-refractivity contribution in [2.75, 3.05) is 12.4 Å². The van der Waals surface area contributed by atoms with Crippen LogP contribution in [0.25, 0.3) is 11.0 Å². The number of halogens is 1. The lowest BCUT2D eigenvalue weighted by atomic mass is 10.2. The summed E-state index contributed by atoms with van der Waals surface area (Å²) < 4.78 is 10.3. The minimum atomic E-state index is -0.664. The van der Waals surface area contributed by atoms with Gasteiger partial charge in [-0.15, -0.1) is 0 Å². The molecule has 3 rings (SSSR count). The predicted octanol–water partition coefficient (Wildman–Crippen LogP) is 3.10. The molecule has 23 heavy (non-hydrogen) atoms. The maximum atomic E-state index is 12.2. The Balaban J connectivity index is 1.99. The van der Waals surface area contributed by atoms with Crippen LogP contribution in [-0.2, 0) is 0 Å². The summed E-state index contributed by atoms with van der Waals surface area (Å²) in [5.41, 5.74) is -0.246. The van der Waals surface area contributed by atoms with Gasteiger partial charge in [-0.2, -0.15) is 0 Å². The number of amides is 1. The second kappa shape index (κ2) is 6.10. The maximum absolute atomic E-state index is 12.2. The van der Waals surface area contributed by atoms with Gasteiger partial charge in [0.15, 0.2) is 0 Å². The number of pyridine rings is 1. The molecule has 0 bridgehead atoms. The Morgan fingerprint density at radius 2 is 2.13 bits per heavy atom. The molecule has 0 aliphatic carbocycles. The highest BCUT2D eigenvalue weighted by molar-refractivity contribution is 6.34. The van der Waals surface area contributed by atoms with Crippen molar-refractivity contribution >= 4 is 34.2 Å². The van der Waals surface area contributed by atoms with Crippen molar-refractivity contribution in [2.45, 2.75) is 0 Å². The summed E-state index contributed by atoms with van der Waals surface area (Å²) in [5.74, 6) is 0.0153. The molecule has 1 N–H and O–H groups in total. The number of aromatic nitrogens is 1. The highest BCUT2D eigenvalue weighted by Gasteiger charge is 2.15. The molecule has 0 atom stereocenters. The number of hydrogen-bond acceptors (Lipinski definition) is 5. The molecule has 0 aliphatic heterocycles. The van der Waals surface area contributed by atoms with Crippen LogP contribution in [0.2, 0.25) is 5.02 Å². The summed E-state index contributed by atoms with van der Waals surface area (Å²) in [6.07, 6.45) is 1.44. The highest BCUT2D eigenvalue weighted by Crippen LogP contribution is 2.22. The average molecular weight is 331 g/mol. The van der Waals surface area contributed by atoms with Gasteiger partial charge in [0.1, 0.15) is 22.7 Å². The Bertz CT molecular complexity index is 952. The van der Waals surface area contributed by atoms with E-state index in [4.69, 9.17) is 20.8 Å². The number of ether oxygens (including phenoxy) is 1. The fraction of sp³-hybridized carbons (Fsp3) is 0.0625. The van der Waals surface area contributed by atoms with Gasteiger partial charge in [-0.3, -0.25) is 4.79 Å². The molecule has 6 nitrogen and oxygen atoms in total. The molecule has 0 radical (unpaired) electrons. The third-order valence-corrected chi connectivity index (χ3v) is 3.47. The topological polar surface area (TPSA) is 81.4 Å². The molecule has 0 saturated carbocycles. The molecule has 0 saturated heterocycles. The quantitative estimate of drug-likeness (QED) is 0.746. The minimum Gasteiger partial charge on any atom is -0.497 e. The SMILES string of the molecule is COc1ccc2oc(=O)c(NC(=O)c3ncccc3Cl)cc2c1. The normalized spacial score (nSPS) is 10.5. The molecule has 1 amide bonds. The van der Waals surface area contributed by atoms with Crippen LogP contribution in [0.4, 0.5) is 5.69 Å². The first-order valence-electron chi connectivity index (χ1n) is 6.62. The van der Waals surface area contributed by atoms with Crippen molar-refractivity contribution < 1.29 is 13.9 Å². The second-order valence-electron chi connectivity index (χ2n) is 4.64. The zero-order valence-corrected chi connectivity index (χ0v) is 12.8. The van der Waals surface area contributed by atoms with E-state index in [0.29, 0.717) is 16.7 Å². The third kappa shape index (κ3) is 3.02. The molecule has 116 valence electrons. The van der Waals surface area contributed by atoms with E-state index in [9.17, 15) is 9.59 Å². The molecular formula is C16H11ClN2O4. The van der Waals surface area contributed by atoms with Crippen LogP contribution in [-0.4, -0.2) is 18.0 Å². The second-order valence-corrected chi connectivity index (χ2v) is 5.05. The van der Waals surface area contributed by atoms with Crippen molar-refractivity contribution in [1.82, 2.24) is 4.98 Å². The number of carbonyl (C=O) groups excluding carboxylic acids is 1. The highest BCUT2D eigenvalue weighted by atomic mass is 35.5. The molecule has 0 aliphatic rings. The number of methoxy groups -OCH3 is 1. The largest absolute Gasteiger partial charge is 0.497 e. The first kappa shape index (κ1) is 15.1. The van der Waals surface area contributed by atoms with Gasteiger partial charge >= 0.3 is 5.63 Å². The van der Waals surface area contributed by atoms with Crippen LogP contribution in [0.15, 0.2) is 51.8 Å². The van der Waals surface area contributed by atoms with E-state index >= 15 is 0 Å². The zero-order chi connectivity index (χ0) is 16.4. The predicted molar refractivity (Wildman–Crippen MR) is 86.2 cm³/mol. The number of nitrogens with one attached hydrogen (secondary N) is 1. The Labute approximate surface area is 135 Å². The lowest BCUT2D eigenvalue weighted by Crippen LogP contribution is -2.19. The van der Waals surface area contributed by atoms with E-state index < -0.39 is 11.5 Å². The van der Waals surface area contributed by atoms with Crippen LogP contribution in [0.3, 0.4) is 0 Å². The van der Waals surface area contributed by atoms with Crippen LogP contribution in [0, 0.1) is 0 Å². The minimum absolute atomic E-state index is 0.00234. The fourth-order valence-corrected chi connectivity index (χ4v) is 2.26. The first-order chi connectivity index (χ1) is 11.1. The summed E-state index contributed by atoms with van der Waals surface area (Å²) in [4.78, 5) is 28.1. The van der Waals surface area contributed by atoms with Crippen molar-refractivity contribution in [3.05, 3.63) is 63.7 Å². The average Bonchev–Trinajstić information content (AvgIpc) is 2.55. The number of nitrogens with zero attached hydrogens (tertiary/aromatic N) is 1. The number of anilines is 1. The summed E-state index contributed by atoms with van der Waals surface area (Å²) in [5, 5.41) is 3.27. The van der Waals surface area contributed by atoms with Gasteiger partial charge in [0.05, 0.1) is 12.1 Å². The lowest BCUT2D eigenvalue weighted by Gasteiger charge is -2.06. The van der Waals surface area contributed by atoms with E-state index in [1.165, 1.54) is 25.4 Å². The van der Waals surface area contributed by atoms with Gasteiger partial charge in [0, 0.05) is 11.6 Å². The van der Waals surface area contributed by atoms with Gasteiger partial charge in [-0.25, -0.2) is 9.78 Å². The summed E-state index contributed by atoms with van der Waals surface area (Å²) in [6, 6.07) is 9.65. The van der Waals surface area contributed by atoms with Crippen LogP contribution < -0.4 is 15.7 Å². The summed E-state index contributed by atoms with van der Waals surface area (Å²) >= 11 is 5.92. The number of carbonyl (C=O) groups is 1. The molecule has 0 unspecified atom stereocenters. The standard InChI is InChI=1S/C16H11ClN2O4/c1-22-10-4-5-13-9(7-10)8-12(16(21)23-13)19-15(20)14-11(17)3-2-6-18-14/h2-8H,1H3,(H,19,20). The van der Waals surface area contributed by atoms with Gasteiger partial charge < -0.3 is 14.5 Å². The van der Waals surface area contributed by atoms with Gasteiger partial charge in [0.25, 0.3) is 5.91 Å². The Morgan fingerprint density at radius 3 is 2.87 bits per heavy atom. The number of hydrogen-bond donors (Lipinski definition) is 1. The third-order valence-electron chi connectivity index (χ3n) is 3.16. The number of rotatable bonds is 3. The Kier molecular flexibility index (Phi) is 3.99. The van der Waals surface area contributed by atoms with E-state index in [1.807, 2.05) is 0 Å². The molecule has 1 aromatic carbocycles. The molecular weight excluding hydrogens is 320 g/mol. The van der Waals surface area contributed by atoms with Crippen molar-refractivity contribution in [2.24, 2.45) is 0 Å². The van der Waals surface area contributed by atoms with E-state index in [0.717, 1.165) is 0 Å². The van der Waals surface area contributed by atoms with Crippen molar-refractivity contribution in [3.63, 3.8) is 0 Å². The van der Waals surface area contributed by atoms with Crippen LogP contribution in [0.1, 0.15) is 10.5 Å². The smallest absolute Gasteiger partial charge is 0.360 e. The van der Waals surface area contributed by atoms with E-state index in [2.05, 4.69) is 10.3 Å². The maximum Gasteiger partial charge on any atom is 0.360 e. The lowest BCUT2D eigenvalue weighted by molar-refractivity contribution is 0.102. The van der Waals surface area contributed by atoms with Crippen LogP contribution >= 0.6 is 11.6 Å². The van der Waals surface area contributed by atoms with Gasteiger partial charge in [-0.05, 0) is 36.4 Å². The molecule has 2 heterocycles. The molecule has 0 spiro atoms. The fourth-order valence-electron chi connectivity index (χ4n) is 2.05.